The third-order valence-electron chi connectivity index (χ3n) is 3.28. The largest absolute Gasteiger partial charge is 0.346 e. The highest BCUT2D eigenvalue weighted by molar-refractivity contribution is 7.14. The van der Waals surface area contributed by atoms with E-state index < -0.39 is 5.82 Å². The summed E-state index contributed by atoms with van der Waals surface area (Å²) in [6, 6.07) is 4.46. The third-order valence-corrected chi connectivity index (χ3v) is 4.19. The highest BCUT2D eigenvalue weighted by Gasteiger charge is 2.16. The fourth-order valence-electron chi connectivity index (χ4n) is 2.20. The van der Waals surface area contributed by atoms with Crippen LogP contribution in [0.4, 0.5) is 9.52 Å². The molecule has 0 bridgehead atoms. The maximum absolute atomic E-state index is 14.0. The average Bonchev–Trinajstić information content (AvgIpc) is 2.97. The first kappa shape index (κ1) is 13.2. The molecule has 1 N–H and O–H groups in total. The molecule has 20 heavy (non-hydrogen) atoms. The minimum atomic E-state index is -0.410. The summed E-state index contributed by atoms with van der Waals surface area (Å²) < 4.78 is 14.0. The lowest BCUT2D eigenvalue weighted by molar-refractivity contribution is 0.112. The average molecular weight is 291 g/mol. The Morgan fingerprint density at radius 3 is 2.85 bits per heavy atom. The number of nitrogens with one attached hydrogen (secondary N) is 1. The number of halogens is 1. The molecule has 0 saturated carbocycles. The Morgan fingerprint density at radius 1 is 1.35 bits per heavy atom. The SMILES string of the molecule is O=Cc1ccc(-c2csc(N3CCNCC3)n2)c(F)c1. The first-order valence-electron chi connectivity index (χ1n) is 6.44. The van der Waals surface area contributed by atoms with E-state index in [-0.39, 0.29) is 0 Å². The zero-order valence-corrected chi connectivity index (χ0v) is 11.6. The van der Waals surface area contributed by atoms with Crippen LogP contribution in [0.2, 0.25) is 0 Å². The Bertz CT molecular complexity index is 623. The van der Waals surface area contributed by atoms with Gasteiger partial charge in [0, 0.05) is 42.7 Å². The van der Waals surface area contributed by atoms with E-state index in [9.17, 15) is 9.18 Å². The van der Waals surface area contributed by atoms with Crippen molar-refractivity contribution in [1.29, 1.82) is 0 Å². The van der Waals surface area contributed by atoms with E-state index in [2.05, 4.69) is 15.2 Å². The smallest absolute Gasteiger partial charge is 0.185 e. The van der Waals surface area contributed by atoms with Crippen LogP contribution in [-0.2, 0) is 0 Å². The molecule has 1 saturated heterocycles. The first-order valence-corrected chi connectivity index (χ1v) is 7.32. The standard InChI is InChI=1S/C14H14FN3OS/c15-12-7-10(8-19)1-2-11(12)13-9-20-14(17-13)18-5-3-16-4-6-18/h1-2,7-9,16H,3-6H2. The molecule has 1 aliphatic heterocycles. The van der Waals surface area contributed by atoms with Crippen molar-refractivity contribution in [2.45, 2.75) is 0 Å². The van der Waals surface area contributed by atoms with Crippen molar-refractivity contribution in [1.82, 2.24) is 10.3 Å². The lowest BCUT2D eigenvalue weighted by Gasteiger charge is -2.26. The van der Waals surface area contributed by atoms with Crippen molar-refractivity contribution in [3.63, 3.8) is 0 Å². The molecule has 0 amide bonds. The number of carbonyl (C=O) groups is 1. The number of hydrogen-bond donors (Lipinski definition) is 1. The summed E-state index contributed by atoms with van der Waals surface area (Å²) >= 11 is 1.52. The van der Waals surface area contributed by atoms with Gasteiger partial charge in [0.15, 0.2) is 5.13 Å². The minimum absolute atomic E-state index is 0.337. The van der Waals surface area contributed by atoms with Gasteiger partial charge in [0.1, 0.15) is 12.1 Å². The quantitative estimate of drug-likeness (QED) is 0.880. The highest BCUT2D eigenvalue weighted by Crippen LogP contribution is 2.29. The monoisotopic (exact) mass is 291 g/mol. The third kappa shape index (κ3) is 2.57. The van der Waals surface area contributed by atoms with Gasteiger partial charge in [-0.2, -0.15) is 0 Å². The number of piperazine rings is 1. The van der Waals surface area contributed by atoms with Crippen LogP contribution < -0.4 is 10.2 Å². The molecular formula is C14H14FN3OS. The number of benzene rings is 1. The molecule has 0 spiro atoms. The van der Waals surface area contributed by atoms with Crippen molar-refractivity contribution in [2.75, 3.05) is 31.1 Å². The Kier molecular flexibility index (Phi) is 3.75. The van der Waals surface area contributed by atoms with Crippen LogP contribution in [0.1, 0.15) is 10.4 Å². The van der Waals surface area contributed by atoms with Gasteiger partial charge >= 0.3 is 0 Å². The Labute approximate surface area is 120 Å². The summed E-state index contributed by atoms with van der Waals surface area (Å²) in [4.78, 5) is 17.3. The molecule has 1 aromatic carbocycles. The molecule has 2 aromatic rings. The van der Waals surface area contributed by atoms with E-state index in [0.29, 0.717) is 23.1 Å². The van der Waals surface area contributed by atoms with E-state index in [1.165, 1.54) is 17.4 Å². The maximum atomic E-state index is 14.0. The van der Waals surface area contributed by atoms with Gasteiger partial charge in [0.25, 0.3) is 0 Å². The van der Waals surface area contributed by atoms with E-state index in [1.54, 1.807) is 12.1 Å². The van der Waals surface area contributed by atoms with Crippen molar-refractivity contribution >= 4 is 22.8 Å². The lowest BCUT2D eigenvalue weighted by Crippen LogP contribution is -2.43. The van der Waals surface area contributed by atoms with Gasteiger partial charge in [-0.25, -0.2) is 9.37 Å². The molecule has 2 heterocycles. The second kappa shape index (κ2) is 5.68. The fraction of sp³-hybridized carbons (Fsp3) is 0.286. The first-order chi connectivity index (χ1) is 9.78. The molecule has 0 radical (unpaired) electrons. The number of aromatic nitrogens is 1. The molecule has 1 aromatic heterocycles. The number of aldehydes is 1. The van der Waals surface area contributed by atoms with Gasteiger partial charge in [0.05, 0.1) is 5.69 Å². The minimum Gasteiger partial charge on any atom is -0.346 e. The van der Waals surface area contributed by atoms with E-state index >= 15 is 0 Å². The molecule has 6 heteroatoms. The number of thiazole rings is 1. The summed E-state index contributed by atoms with van der Waals surface area (Å²) in [5, 5.41) is 6.06. The molecular weight excluding hydrogens is 277 g/mol. The van der Waals surface area contributed by atoms with Gasteiger partial charge in [0.2, 0.25) is 0 Å². The summed E-state index contributed by atoms with van der Waals surface area (Å²) in [5.74, 6) is -0.410. The van der Waals surface area contributed by atoms with Crippen LogP contribution in [0.5, 0.6) is 0 Å². The van der Waals surface area contributed by atoms with E-state index in [1.807, 2.05) is 5.38 Å². The van der Waals surface area contributed by atoms with E-state index in [4.69, 9.17) is 0 Å². The molecule has 4 nitrogen and oxygen atoms in total. The predicted molar refractivity (Wildman–Crippen MR) is 78.0 cm³/mol. The molecule has 1 aliphatic rings. The van der Waals surface area contributed by atoms with Gasteiger partial charge in [-0.1, -0.05) is 6.07 Å². The van der Waals surface area contributed by atoms with Crippen LogP contribution in [0.25, 0.3) is 11.3 Å². The fourth-order valence-corrected chi connectivity index (χ4v) is 3.08. The molecule has 104 valence electrons. The highest BCUT2D eigenvalue weighted by atomic mass is 32.1. The van der Waals surface area contributed by atoms with Crippen LogP contribution in [0, 0.1) is 5.82 Å². The number of rotatable bonds is 3. The molecule has 0 unspecified atom stereocenters. The zero-order valence-electron chi connectivity index (χ0n) is 10.8. The zero-order chi connectivity index (χ0) is 13.9. The van der Waals surface area contributed by atoms with Gasteiger partial charge in [-0.3, -0.25) is 4.79 Å². The molecule has 3 rings (SSSR count). The number of anilines is 1. The van der Waals surface area contributed by atoms with Crippen molar-refractivity contribution in [2.24, 2.45) is 0 Å². The van der Waals surface area contributed by atoms with Crippen LogP contribution in [-0.4, -0.2) is 37.4 Å². The maximum Gasteiger partial charge on any atom is 0.185 e. The lowest BCUT2D eigenvalue weighted by atomic mass is 10.1. The summed E-state index contributed by atoms with van der Waals surface area (Å²) in [5.41, 5.74) is 1.40. The Morgan fingerprint density at radius 2 is 2.15 bits per heavy atom. The van der Waals surface area contributed by atoms with Gasteiger partial charge in [-0.15, -0.1) is 11.3 Å². The number of carbonyl (C=O) groups excluding carboxylic acids is 1. The normalized spacial score (nSPS) is 15.3. The van der Waals surface area contributed by atoms with Crippen molar-refractivity contribution in [3.8, 4) is 11.3 Å². The van der Waals surface area contributed by atoms with Gasteiger partial charge < -0.3 is 10.2 Å². The van der Waals surface area contributed by atoms with E-state index in [0.717, 1.165) is 31.3 Å². The number of nitrogens with zero attached hydrogens (tertiary/aromatic N) is 2. The second-order valence-electron chi connectivity index (χ2n) is 4.61. The van der Waals surface area contributed by atoms with Crippen LogP contribution >= 0.6 is 11.3 Å². The molecule has 0 atom stereocenters. The summed E-state index contributed by atoms with van der Waals surface area (Å²) in [6.45, 7) is 3.72. The summed E-state index contributed by atoms with van der Waals surface area (Å²) in [6.07, 6.45) is 0.639. The van der Waals surface area contributed by atoms with Crippen LogP contribution in [0.15, 0.2) is 23.6 Å². The molecule has 1 fully saturated rings. The van der Waals surface area contributed by atoms with Crippen molar-refractivity contribution in [3.05, 3.63) is 35.0 Å². The Hall–Kier alpha value is -1.79. The van der Waals surface area contributed by atoms with Gasteiger partial charge in [-0.05, 0) is 12.1 Å². The van der Waals surface area contributed by atoms with Crippen molar-refractivity contribution < 1.29 is 9.18 Å². The second-order valence-corrected chi connectivity index (χ2v) is 5.45. The topological polar surface area (TPSA) is 45.2 Å². The van der Waals surface area contributed by atoms with Crippen LogP contribution in [0.3, 0.4) is 0 Å². The number of hydrogen-bond acceptors (Lipinski definition) is 5. The summed E-state index contributed by atoms with van der Waals surface area (Å²) in [7, 11) is 0. The predicted octanol–water partition coefficient (Wildman–Crippen LogP) is 2.17. The molecule has 0 aliphatic carbocycles. The Balaban J connectivity index is 1.87.